The van der Waals surface area contributed by atoms with Crippen LogP contribution < -0.4 is 5.32 Å². The summed E-state index contributed by atoms with van der Waals surface area (Å²) < 4.78 is 0. The molecule has 1 amide bonds. The van der Waals surface area contributed by atoms with Crippen molar-refractivity contribution in [3.8, 4) is 6.07 Å². The summed E-state index contributed by atoms with van der Waals surface area (Å²) in [5.41, 5.74) is 1.75. The van der Waals surface area contributed by atoms with Gasteiger partial charge in [0.15, 0.2) is 6.07 Å². The third-order valence-corrected chi connectivity index (χ3v) is 1.93. The van der Waals surface area contributed by atoms with Crippen molar-refractivity contribution < 1.29 is 4.79 Å². The second kappa shape index (κ2) is 4.43. The molecule has 1 aromatic carbocycles. The van der Waals surface area contributed by atoms with Crippen LogP contribution in [0.2, 0.25) is 0 Å². The highest BCUT2D eigenvalue weighted by Gasteiger charge is 2.07. The molecule has 72 valence electrons. The van der Waals surface area contributed by atoms with Crippen molar-refractivity contribution in [1.29, 1.82) is 5.26 Å². The number of rotatable bonds is 2. The summed E-state index contributed by atoms with van der Waals surface area (Å²) in [6.45, 7) is 4.08. The van der Waals surface area contributed by atoms with Crippen molar-refractivity contribution >= 4 is 11.6 Å². The molecule has 0 radical (unpaired) electrons. The maximum Gasteiger partial charge on any atom is 0.326 e. The van der Waals surface area contributed by atoms with Crippen LogP contribution in [0.15, 0.2) is 24.3 Å². The molecule has 0 bridgehead atoms. The van der Waals surface area contributed by atoms with Crippen LogP contribution in [-0.4, -0.2) is 5.91 Å². The molecule has 0 saturated heterocycles. The van der Waals surface area contributed by atoms with Gasteiger partial charge in [0.1, 0.15) is 0 Å². The number of nitrogens with zero attached hydrogens (tertiary/aromatic N) is 1. The third-order valence-electron chi connectivity index (χ3n) is 1.93. The lowest BCUT2D eigenvalue weighted by atomic mass is 10.0. The smallest absolute Gasteiger partial charge is 0.313 e. The number of benzene rings is 1. The van der Waals surface area contributed by atoms with Gasteiger partial charge in [-0.15, -0.1) is 0 Å². The molecule has 1 aromatic rings. The summed E-state index contributed by atoms with van der Waals surface area (Å²) in [6, 6.07) is 9.01. The van der Waals surface area contributed by atoms with E-state index in [1.54, 1.807) is 6.07 Å². The van der Waals surface area contributed by atoms with Gasteiger partial charge in [-0.25, -0.2) is 0 Å². The largest absolute Gasteiger partial charge is 0.326 e. The van der Waals surface area contributed by atoms with E-state index in [-0.39, 0.29) is 0 Å². The lowest BCUT2D eigenvalue weighted by Gasteiger charge is -2.11. The van der Waals surface area contributed by atoms with Gasteiger partial charge in [-0.2, -0.15) is 5.26 Å². The van der Waals surface area contributed by atoms with Gasteiger partial charge in [-0.05, 0) is 17.5 Å². The summed E-state index contributed by atoms with van der Waals surface area (Å²) >= 11 is 0. The van der Waals surface area contributed by atoms with Crippen LogP contribution in [0.4, 0.5) is 5.69 Å². The number of para-hydroxylation sites is 1. The Morgan fingerprint density at radius 1 is 1.43 bits per heavy atom. The first-order chi connectivity index (χ1) is 6.65. The fourth-order valence-corrected chi connectivity index (χ4v) is 1.26. The van der Waals surface area contributed by atoms with Gasteiger partial charge in [0.05, 0.1) is 0 Å². The first kappa shape index (κ1) is 10.3. The average molecular weight is 188 g/mol. The Morgan fingerprint density at radius 3 is 2.64 bits per heavy atom. The molecule has 0 aliphatic carbocycles. The number of carbonyl (C=O) groups excluding carboxylic acids is 1. The van der Waals surface area contributed by atoms with E-state index < -0.39 is 5.91 Å². The summed E-state index contributed by atoms with van der Waals surface area (Å²) in [7, 11) is 0. The van der Waals surface area contributed by atoms with Gasteiger partial charge < -0.3 is 5.32 Å². The molecule has 0 spiro atoms. The number of hydrogen-bond donors (Lipinski definition) is 1. The van der Waals surface area contributed by atoms with Gasteiger partial charge in [0.25, 0.3) is 0 Å². The summed E-state index contributed by atoms with van der Waals surface area (Å²) in [6.07, 6.45) is 0. The van der Waals surface area contributed by atoms with Gasteiger partial charge >= 0.3 is 5.91 Å². The van der Waals surface area contributed by atoms with Gasteiger partial charge in [0, 0.05) is 5.69 Å². The topological polar surface area (TPSA) is 52.9 Å². The zero-order valence-electron chi connectivity index (χ0n) is 8.24. The summed E-state index contributed by atoms with van der Waals surface area (Å²) in [4.78, 5) is 10.9. The number of amides is 1. The molecule has 1 rings (SSSR count). The molecule has 3 nitrogen and oxygen atoms in total. The highest BCUT2D eigenvalue weighted by Crippen LogP contribution is 2.23. The molecule has 0 fully saturated rings. The Balaban J connectivity index is 2.97. The fraction of sp³-hybridized carbons (Fsp3) is 0.273. The highest BCUT2D eigenvalue weighted by atomic mass is 16.1. The van der Waals surface area contributed by atoms with Crippen LogP contribution in [0.25, 0.3) is 0 Å². The SMILES string of the molecule is CC(C)c1ccccc1NC(=O)C#N. The monoisotopic (exact) mass is 188 g/mol. The molecule has 0 unspecified atom stereocenters. The molecule has 0 heterocycles. The standard InChI is InChI=1S/C11H12N2O/c1-8(2)9-5-3-4-6-10(9)13-11(14)7-12/h3-6,8H,1-2H3,(H,13,14). The lowest BCUT2D eigenvalue weighted by molar-refractivity contribution is -0.111. The maximum atomic E-state index is 10.9. The fourth-order valence-electron chi connectivity index (χ4n) is 1.26. The third kappa shape index (κ3) is 2.33. The van der Waals surface area contributed by atoms with Crippen LogP contribution in [0, 0.1) is 11.3 Å². The molecule has 0 atom stereocenters. The van der Waals surface area contributed by atoms with E-state index in [0.717, 1.165) is 5.56 Å². The molecular weight excluding hydrogens is 176 g/mol. The molecule has 0 saturated carbocycles. The van der Waals surface area contributed by atoms with Crippen LogP contribution in [-0.2, 0) is 4.79 Å². The molecule has 1 N–H and O–H groups in total. The van der Waals surface area contributed by atoms with E-state index in [9.17, 15) is 4.79 Å². The second-order valence-corrected chi connectivity index (χ2v) is 3.31. The van der Waals surface area contributed by atoms with E-state index in [2.05, 4.69) is 5.32 Å². The average Bonchev–Trinajstić information content (AvgIpc) is 2.18. The minimum atomic E-state index is -0.627. The van der Waals surface area contributed by atoms with Crippen molar-refractivity contribution in [3.05, 3.63) is 29.8 Å². The molecule has 0 aliphatic rings. The number of nitriles is 1. The van der Waals surface area contributed by atoms with Crippen LogP contribution in [0.1, 0.15) is 25.3 Å². The number of nitrogens with one attached hydrogen (secondary N) is 1. The van der Waals surface area contributed by atoms with E-state index in [1.165, 1.54) is 6.07 Å². The van der Waals surface area contributed by atoms with Crippen LogP contribution >= 0.6 is 0 Å². The van der Waals surface area contributed by atoms with Crippen molar-refractivity contribution in [3.63, 3.8) is 0 Å². The van der Waals surface area contributed by atoms with Gasteiger partial charge in [-0.1, -0.05) is 32.0 Å². The summed E-state index contributed by atoms with van der Waals surface area (Å²) in [5.74, 6) is -0.303. The normalized spacial score (nSPS) is 9.57. The van der Waals surface area contributed by atoms with E-state index in [1.807, 2.05) is 32.0 Å². The second-order valence-electron chi connectivity index (χ2n) is 3.31. The minimum absolute atomic E-state index is 0.324. The zero-order valence-corrected chi connectivity index (χ0v) is 8.24. The predicted molar refractivity (Wildman–Crippen MR) is 54.8 cm³/mol. The van der Waals surface area contributed by atoms with E-state index in [0.29, 0.717) is 11.6 Å². The van der Waals surface area contributed by atoms with Crippen molar-refractivity contribution in [1.82, 2.24) is 0 Å². The molecule has 3 heteroatoms. The van der Waals surface area contributed by atoms with Crippen molar-refractivity contribution in [2.75, 3.05) is 5.32 Å². The Bertz CT molecular complexity index is 377. The van der Waals surface area contributed by atoms with Gasteiger partial charge in [0.2, 0.25) is 0 Å². The summed E-state index contributed by atoms with van der Waals surface area (Å²) in [5, 5.41) is 10.9. The zero-order chi connectivity index (χ0) is 10.6. The Kier molecular flexibility index (Phi) is 3.24. The Labute approximate surface area is 83.4 Å². The molecule has 14 heavy (non-hydrogen) atoms. The Morgan fingerprint density at radius 2 is 2.07 bits per heavy atom. The van der Waals surface area contributed by atoms with Crippen LogP contribution in [0.5, 0.6) is 0 Å². The Hall–Kier alpha value is -1.82. The highest BCUT2D eigenvalue weighted by molar-refractivity contribution is 6.02. The molecular formula is C11H12N2O. The number of anilines is 1. The van der Waals surface area contributed by atoms with E-state index in [4.69, 9.17) is 5.26 Å². The van der Waals surface area contributed by atoms with Crippen molar-refractivity contribution in [2.45, 2.75) is 19.8 Å². The number of hydrogen-bond acceptors (Lipinski definition) is 2. The minimum Gasteiger partial charge on any atom is -0.313 e. The predicted octanol–water partition coefficient (Wildman–Crippen LogP) is 2.27. The number of carbonyl (C=O) groups is 1. The molecule has 0 aromatic heterocycles. The quantitative estimate of drug-likeness (QED) is 0.724. The first-order valence-electron chi connectivity index (χ1n) is 4.45. The first-order valence-corrected chi connectivity index (χ1v) is 4.45. The maximum absolute atomic E-state index is 10.9. The molecule has 0 aliphatic heterocycles. The van der Waals surface area contributed by atoms with Crippen molar-refractivity contribution in [2.24, 2.45) is 0 Å². The van der Waals surface area contributed by atoms with Crippen LogP contribution in [0.3, 0.4) is 0 Å². The lowest BCUT2D eigenvalue weighted by Crippen LogP contribution is -2.10. The van der Waals surface area contributed by atoms with Gasteiger partial charge in [-0.3, -0.25) is 4.79 Å². The van der Waals surface area contributed by atoms with E-state index >= 15 is 0 Å².